The molecule has 0 amide bonds. The van der Waals surface area contributed by atoms with Gasteiger partial charge in [-0.05, 0) is 6.92 Å². The topological polar surface area (TPSA) is 0 Å². The SMILES string of the molecule is CC(Cl)(Cl)C(Cl)(Cl)CBr. The summed E-state index contributed by atoms with van der Waals surface area (Å²) in [6.45, 7) is 1.54. The van der Waals surface area contributed by atoms with Gasteiger partial charge in [0.1, 0.15) is 4.33 Å². The summed E-state index contributed by atoms with van der Waals surface area (Å²) in [7, 11) is 0. The molecule has 0 heterocycles. The van der Waals surface area contributed by atoms with E-state index in [1.54, 1.807) is 0 Å². The minimum atomic E-state index is -1.13. The van der Waals surface area contributed by atoms with Crippen molar-refractivity contribution in [1.29, 1.82) is 0 Å². The summed E-state index contributed by atoms with van der Waals surface area (Å²) in [5.41, 5.74) is 0. The fourth-order valence-electron chi connectivity index (χ4n) is 0.117. The first kappa shape index (κ1) is 10.6. The van der Waals surface area contributed by atoms with Gasteiger partial charge in [0.15, 0.2) is 4.33 Å². The molecule has 0 bridgehead atoms. The summed E-state index contributed by atoms with van der Waals surface area (Å²) < 4.78 is -2.25. The molecule has 0 aromatic carbocycles. The lowest BCUT2D eigenvalue weighted by Crippen LogP contribution is -2.34. The molecule has 5 heteroatoms. The zero-order valence-electron chi connectivity index (χ0n) is 4.60. The number of hydrogen-bond acceptors (Lipinski definition) is 0. The molecule has 56 valence electrons. The highest BCUT2D eigenvalue weighted by atomic mass is 79.9. The molecule has 0 aliphatic carbocycles. The minimum absolute atomic E-state index is 0.340. The standard InChI is InChI=1S/C4H5BrCl4/c1-3(6,7)4(8,9)2-5/h2H2,1H3. The van der Waals surface area contributed by atoms with Crippen LogP contribution in [-0.4, -0.2) is 14.0 Å². The third-order valence-electron chi connectivity index (χ3n) is 0.810. The minimum Gasteiger partial charge on any atom is -0.0986 e. The zero-order valence-corrected chi connectivity index (χ0v) is 9.21. The summed E-state index contributed by atoms with van der Waals surface area (Å²) in [5, 5.41) is 0.340. The zero-order chi connectivity index (χ0) is 7.71. The molecule has 9 heavy (non-hydrogen) atoms. The fraction of sp³-hybridized carbons (Fsp3) is 1.00. The van der Waals surface area contributed by atoms with Gasteiger partial charge < -0.3 is 0 Å². The van der Waals surface area contributed by atoms with Gasteiger partial charge in [0.2, 0.25) is 0 Å². The van der Waals surface area contributed by atoms with E-state index in [0.29, 0.717) is 5.33 Å². The maximum absolute atomic E-state index is 5.65. The van der Waals surface area contributed by atoms with E-state index in [-0.39, 0.29) is 0 Å². The van der Waals surface area contributed by atoms with Crippen molar-refractivity contribution in [3.05, 3.63) is 0 Å². The van der Waals surface area contributed by atoms with Gasteiger partial charge in [-0.1, -0.05) is 62.3 Å². The normalized spacial score (nSPS) is 14.0. The Morgan fingerprint density at radius 2 is 1.56 bits per heavy atom. The second kappa shape index (κ2) is 3.36. The average Bonchev–Trinajstić information content (AvgIpc) is 1.64. The largest absolute Gasteiger partial charge is 0.160 e. The van der Waals surface area contributed by atoms with Crippen molar-refractivity contribution < 1.29 is 0 Å². The molecule has 0 nitrogen and oxygen atoms in total. The Morgan fingerprint density at radius 3 is 1.56 bits per heavy atom. The van der Waals surface area contributed by atoms with Gasteiger partial charge in [0.25, 0.3) is 0 Å². The van der Waals surface area contributed by atoms with Gasteiger partial charge in [-0.3, -0.25) is 0 Å². The van der Waals surface area contributed by atoms with Crippen molar-refractivity contribution in [1.82, 2.24) is 0 Å². The molecule has 0 N–H and O–H groups in total. The average molecular weight is 275 g/mol. The quantitative estimate of drug-likeness (QED) is 0.673. The molecule has 0 aromatic rings. The van der Waals surface area contributed by atoms with E-state index in [1.807, 2.05) is 0 Å². The van der Waals surface area contributed by atoms with E-state index >= 15 is 0 Å². The van der Waals surface area contributed by atoms with Gasteiger partial charge >= 0.3 is 0 Å². The molecule has 0 unspecified atom stereocenters. The number of rotatable bonds is 2. The van der Waals surface area contributed by atoms with E-state index in [4.69, 9.17) is 46.4 Å². The molecule has 0 aliphatic heterocycles. The van der Waals surface area contributed by atoms with E-state index in [1.165, 1.54) is 6.92 Å². The van der Waals surface area contributed by atoms with E-state index in [0.717, 1.165) is 0 Å². The first-order valence-electron chi connectivity index (χ1n) is 2.13. The van der Waals surface area contributed by atoms with Crippen LogP contribution in [0.15, 0.2) is 0 Å². The summed E-state index contributed by atoms with van der Waals surface area (Å²) in [4.78, 5) is 0. The Hall–Kier alpha value is 1.64. The summed E-state index contributed by atoms with van der Waals surface area (Å²) in [5.74, 6) is 0. The third-order valence-corrected chi connectivity index (χ3v) is 4.35. The Kier molecular flexibility index (Phi) is 3.97. The van der Waals surface area contributed by atoms with Crippen molar-refractivity contribution in [2.75, 3.05) is 5.33 Å². The highest BCUT2D eigenvalue weighted by molar-refractivity contribution is 9.09. The maximum Gasteiger partial charge on any atom is 0.160 e. The smallest absolute Gasteiger partial charge is 0.0986 e. The Bertz CT molecular complexity index is 95.2. The van der Waals surface area contributed by atoms with Crippen molar-refractivity contribution in [2.45, 2.75) is 15.6 Å². The van der Waals surface area contributed by atoms with Gasteiger partial charge in [-0.25, -0.2) is 0 Å². The summed E-state index contributed by atoms with van der Waals surface area (Å²) >= 11 is 25.6. The highest BCUT2D eigenvalue weighted by Crippen LogP contribution is 2.43. The molecule has 0 aliphatic rings. The molecule has 0 atom stereocenters. The monoisotopic (exact) mass is 272 g/mol. The van der Waals surface area contributed by atoms with Crippen molar-refractivity contribution in [3.8, 4) is 0 Å². The van der Waals surface area contributed by atoms with Crippen LogP contribution in [0.5, 0.6) is 0 Å². The van der Waals surface area contributed by atoms with Crippen LogP contribution in [0.2, 0.25) is 0 Å². The lowest BCUT2D eigenvalue weighted by atomic mass is 10.3. The van der Waals surface area contributed by atoms with Gasteiger partial charge in [-0.15, -0.1) is 0 Å². The summed E-state index contributed by atoms with van der Waals surface area (Å²) in [6.07, 6.45) is 0. The second-order valence-corrected chi connectivity index (χ2v) is 5.48. The molecule has 0 fully saturated rings. The van der Waals surface area contributed by atoms with E-state index in [2.05, 4.69) is 15.9 Å². The first-order chi connectivity index (χ1) is 3.81. The molecule has 0 saturated carbocycles. The van der Waals surface area contributed by atoms with Crippen LogP contribution in [0.25, 0.3) is 0 Å². The van der Waals surface area contributed by atoms with Gasteiger partial charge in [0.05, 0.1) is 0 Å². The molecule has 0 aromatic heterocycles. The maximum atomic E-state index is 5.65. The van der Waals surface area contributed by atoms with Crippen LogP contribution >= 0.6 is 62.3 Å². The van der Waals surface area contributed by atoms with Crippen molar-refractivity contribution >= 4 is 62.3 Å². The van der Waals surface area contributed by atoms with Crippen LogP contribution in [0, 0.1) is 0 Å². The highest BCUT2D eigenvalue weighted by Gasteiger charge is 2.42. The first-order valence-corrected chi connectivity index (χ1v) is 4.76. The molecule has 0 rings (SSSR count). The Morgan fingerprint density at radius 1 is 1.22 bits per heavy atom. The predicted molar refractivity (Wildman–Crippen MR) is 48.3 cm³/mol. The molecule has 0 spiro atoms. The number of halogens is 5. The second-order valence-electron chi connectivity index (χ2n) is 1.73. The predicted octanol–water partition coefficient (Wildman–Crippen LogP) is 3.75. The van der Waals surface area contributed by atoms with E-state index < -0.39 is 8.67 Å². The van der Waals surface area contributed by atoms with Crippen molar-refractivity contribution in [3.63, 3.8) is 0 Å². The summed E-state index contributed by atoms with van der Waals surface area (Å²) in [6, 6.07) is 0. The Balaban J connectivity index is 4.14. The lowest BCUT2D eigenvalue weighted by molar-refractivity contribution is 0.778. The third kappa shape index (κ3) is 3.02. The molecular weight excluding hydrogens is 270 g/mol. The van der Waals surface area contributed by atoms with Gasteiger partial charge in [-0.2, -0.15) is 0 Å². The fourth-order valence-corrected chi connectivity index (χ4v) is 1.13. The van der Waals surface area contributed by atoms with Crippen LogP contribution in [0.3, 0.4) is 0 Å². The molecular formula is C4H5BrCl4. The van der Waals surface area contributed by atoms with Crippen LogP contribution in [-0.2, 0) is 0 Å². The van der Waals surface area contributed by atoms with Crippen molar-refractivity contribution in [2.24, 2.45) is 0 Å². The van der Waals surface area contributed by atoms with Crippen LogP contribution in [0.1, 0.15) is 6.92 Å². The number of hydrogen-bond donors (Lipinski definition) is 0. The van der Waals surface area contributed by atoms with E-state index in [9.17, 15) is 0 Å². The molecule has 0 saturated heterocycles. The van der Waals surface area contributed by atoms with Gasteiger partial charge in [0, 0.05) is 5.33 Å². The number of alkyl halides is 5. The van der Waals surface area contributed by atoms with Crippen LogP contribution < -0.4 is 0 Å². The van der Waals surface area contributed by atoms with Crippen LogP contribution in [0.4, 0.5) is 0 Å². The Labute approximate surface area is 82.9 Å². The molecule has 0 radical (unpaired) electrons. The lowest BCUT2D eigenvalue weighted by Gasteiger charge is -2.26.